The largest absolute Gasteiger partial charge is 0.490 e. The van der Waals surface area contributed by atoms with Crippen LogP contribution in [0.5, 0.6) is 11.5 Å². The summed E-state index contributed by atoms with van der Waals surface area (Å²) >= 11 is 9.40. The maximum absolute atomic E-state index is 12.5. The molecule has 2 aromatic rings. The van der Waals surface area contributed by atoms with Crippen molar-refractivity contribution in [2.75, 3.05) is 18.5 Å². The van der Waals surface area contributed by atoms with Crippen LogP contribution in [0.4, 0.5) is 5.69 Å². The molecule has 0 aliphatic rings. The summed E-state index contributed by atoms with van der Waals surface area (Å²) in [6, 6.07) is 12.2. The van der Waals surface area contributed by atoms with Crippen LogP contribution in [-0.4, -0.2) is 19.1 Å². The van der Waals surface area contributed by atoms with Gasteiger partial charge >= 0.3 is 0 Å². The number of nitrogens with one attached hydrogen (secondary N) is 1. The van der Waals surface area contributed by atoms with Crippen LogP contribution in [0, 0.1) is 11.3 Å². The number of anilines is 1. The van der Waals surface area contributed by atoms with Gasteiger partial charge < -0.3 is 14.8 Å². The molecule has 0 bridgehead atoms. The van der Waals surface area contributed by atoms with E-state index in [2.05, 4.69) is 21.2 Å². The van der Waals surface area contributed by atoms with Crippen molar-refractivity contribution in [2.45, 2.75) is 20.3 Å². The lowest BCUT2D eigenvalue weighted by Crippen LogP contribution is -2.13. The van der Waals surface area contributed by atoms with Crippen LogP contribution in [0.2, 0.25) is 5.02 Å². The fraction of sp³-hybridized carbons (Fsp3) is 0.238. The van der Waals surface area contributed by atoms with Gasteiger partial charge in [0, 0.05) is 10.7 Å². The molecule has 28 heavy (non-hydrogen) atoms. The van der Waals surface area contributed by atoms with E-state index in [1.165, 1.54) is 6.08 Å². The number of amides is 1. The van der Waals surface area contributed by atoms with Crippen LogP contribution >= 0.6 is 27.5 Å². The lowest BCUT2D eigenvalue weighted by atomic mass is 10.1. The Morgan fingerprint density at radius 2 is 2.07 bits per heavy atom. The zero-order valence-electron chi connectivity index (χ0n) is 15.6. The van der Waals surface area contributed by atoms with E-state index in [9.17, 15) is 10.1 Å². The first kappa shape index (κ1) is 21.8. The number of hydrogen-bond acceptors (Lipinski definition) is 4. The minimum Gasteiger partial charge on any atom is -0.490 e. The van der Waals surface area contributed by atoms with E-state index in [0.717, 1.165) is 6.42 Å². The quantitative estimate of drug-likeness (QED) is 0.394. The molecule has 146 valence electrons. The van der Waals surface area contributed by atoms with Crippen molar-refractivity contribution < 1.29 is 14.3 Å². The van der Waals surface area contributed by atoms with E-state index in [4.69, 9.17) is 21.1 Å². The zero-order valence-corrected chi connectivity index (χ0v) is 17.9. The third kappa shape index (κ3) is 6.01. The van der Waals surface area contributed by atoms with Gasteiger partial charge in [0.15, 0.2) is 11.5 Å². The van der Waals surface area contributed by atoms with E-state index in [1.807, 2.05) is 19.9 Å². The number of rotatable bonds is 8. The van der Waals surface area contributed by atoms with Crippen LogP contribution in [0.3, 0.4) is 0 Å². The van der Waals surface area contributed by atoms with Crippen molar-refractivity contribution in [3.8, 4) is 17.6 Å². The predicted molar refractivity (Wildman–Crippen MR) is 115 cm³/mol. The van der Waals surface area contributed by atoms with E-state index in [1.54, 1.807) is 36.4 Å². The Bertz CT molecular complexity index is 922. The van der Waals surface area contributed by atoms with Gasteiger partial charge in [0.1, 0.15) is 11.6 Å². The first-order valence-corrected chi connectivity index (χ1v) is 9.93. The molecule has 0 heterocycles. The summed E-state index contributed by atoms with van der Waals surface area (Å²) in [6.07, 6.45) is 2.36. The fourth-order valence-electron chi connectivity index (χ4n) is 2.36. The monoisotopic (exact) mass is 462 g/mol. The smallest absolute Gasteiger partial charge is 0.266 e. The van der Waals surface area contributed by atoms with E-state index in [0.29, 0.717) is 45.5 Å². The summed E-state index contributed by atoms with van der Waals surface area (Å²) in [4.78, 5) is 12.5. The summed E-state index contributed by atoms with van der Waals surface area (Å²) in [5, 5.41) is 12.6. The molecule has 0 saturated heterocycles. The zero-order chi connectivity index (χ0) is 20.5. The molecule has 0 unspecified atom stereocenters. The van der Waals surface area contributed by atoms with Gasteiger partial charge in [0.25, 0.3) is 5.91 Å². The predicted octanol–water partition coefficient (Wildman–Crippen LogP) is 5.84. The van der Waals surface area contributed by atoms with E-state index < -0.39 is 5.91 Å². The minimum atomic E-state index is -0.523. The molecule has 0 radical (unpaired) electrons. The average molecular weight is 464 g/mol. The fourth-order valence-corrected chi connectivity index (χ4v) is 3.12. The number of benzene rings is 2. The van der Waals surface area contributed by atoms with Crippen molar-refractivity contribution in [3.05, 3.63) is 57.0 Å². The second-order valence-corrected chi connectivity index (χ2v) is 7.04. The van der Waals surface area contributed by atoms with E-state index in [-0.39, 0.29) is 5.57 Å². The highest BCUT2D eigenvalue weighted by Gasteiger charge is 2.14. The maximum Gasteiger partial charge on any atom is 0.266 e. The Morgan fingerprint density at radius 3 is 2.71 bits per heavy atom. The van der Waals surface area contributed by atoms with Gasteiger partial charge in [-0.15, -0.1) is 0 Å². The second-order valence-electron chi connectivity index (χ2n) is 5.75. The first-order chi connectivity index (χ1) is 13.5. The number of ether oxygens (including phenoxy) is 2. The van der Waals surface area contributed by atoms with Crippen LogP contribution in [0.25, 0.3) is 6.08 Å². The average Bonchev–Trinajstić information content (AvgIpc) is 2.65. The Kier molecular flexibility index (Phi) is 8.37. The third-order valence-corrected chi connectivity index (χ3v) is 4.36. The molecule has 2 aromatic carbocycles. The number of carbonyl (C=O) groups excluding carboxylic acids is 1. The second kappa shape index (κ2) is 10.7. The number of halogens is 2. The van der Waals surface area contributed by atoms with Crippen molar-refractivity contribution in [2.24, 2.45) is 0 Å². The molecular weight excluding hydrogens is 444 g/mol. The summed E-state index contributed by atoms with van der Waals surface area (Å²) in [5.74, 6) is 0.622. The first-order valence-electron chi connectivity index (χ1n) is 8.76. The summed E-state index contributed by atoms with van der Waals surface area (Å²) in [6.45, 7) is 4.91. The van der Waals surface area contributed by atoms with Crippen LogP contribution in [0.1, 0.15) is 25.8 Å². The number of carbonyl (C=O) groups is 1. The lowest BCUT2D eigenvalue weighted by Gasteiger charge is -2.14. The summed E-state index contributed by atoms with van der Waals surface area (Å²) in [7, 11) is 0. The van der Waals surface area contributed by atoms with E-state index >= 15 is 0 Å². The lowest BCUT2D eigenvalue weighted by molar-refractivity contribution is -0.112. The van der Waals surface area contributed by atoms with Gasteiger partial charge in [-0.3, -0.25) is 4.79 Å². The molecule has 1 N–H and O–H groups in total. The van der Waals surface area contributed by atoms with Crippen molar-refractivity contribution in [1.82, 2.24) is 0 Å². The Morgan fingerprint density at radius 1 is 1.29 bits per heavy atom. The Labute approximate surface area is 178 Å². The molecular formula is C21H20BrClN2O3. The highest BCUT2D eigenvalue weighted by atomic mass is 79.9. The molecule has 0 aliphatic heterocycles. The molecule has 0 atom stereocenters. The third-order valence-electron chi connectivity index (χ3n) is 3.54. The van der Waals surface area contributed by atoms with Crippen LogP contribution < -0.4 is 14.8 Å². The van der Waals surface area contributed by atoms with Gasteiger partial charge in [-0.05, 0) is 71.2 Å². The minimum absolute atomic E-state index is 0.0449. The highest BCUT2D eigenvalue weighted by molar-refractivity contribution is 9.10. The normalized spacial score (nSPS) is 10.9. The molecule has 0 spiro atoms. The van der Waals surface area contributed by atoms with Gasteiger partial charge in [0.05, 0.1) is 17.7 Å². The standard InChI is InChI=1S/C21H20BrClN2O3/c1-3-8-28-20-18(22)10-14(11-19(20)27-4-2)9-15(13-24)21(26)25-17-7-5-6-16(23)12-17/h5-7,9-12H,3-4,8H2,1-2H3,(H,25,26)/b15-9+. The Hall–Kier alpha value is -2.49. The van der Waals surface area contributed by atoms with Crippen molar-refractivity contribution in [1.29, 1.82) is 5.26 Å². The number of hydrogen-bond donors (Lipinski definition) is 1. The van der Waals surface area contributed by atoms with Gasteiger partial charge in [-0.2, -0.15) is 5.26 Å². The molecule has 0 saturated carbocycles. The summed E-state index contributed by atoms with van der Waals surface area (Å²) in [5.41, 5.74) is 1.10. The maximum atomic E-state index is 12.5. The summed E-state index contributed by atoms with van der Waals surface area (Å²) < 4.78 is 12.1. The molecule has 0 aliphatic carbocycles. The van der Waals surface area contributed by atoms with Crippen molar-refractivity contribution in [3.63, 3.8) is 0 Å². The molecule has 7 heteroatoms. The van der Waals surface area contributed by atoms with Crippen molar-refractivity contribution >= 4 is 45.2 Å². The van der Waals surface area contributed by atoms with Crippen LogP contribution in [-0.2, 0) is 4.79 Å². The van der Waals surface area contributed by atoms with Crippen LogP contribution in [0.15, 0.2) is 46.4 Å². The number of nitrogens with zero attached hydrogens (tertiary/aromatic N) is 1. The molecule has 5 nitrogen and oxygen atoms in total. The topological polar surface area (TPSA) is 71.3 Å². The number of nitriles is 1. The van der Waals surface area contributed by atoms with Gasteiger partial charge in [0.2, 0.25) is 0 Å². The molecule has 2 rings (SSSR count). The SMILES string of the molecule is CCCOc1c(Br)cc(/C=C(\C#N)C(=O)Nc2cccc(Cl)c2)cc1OCC. The Balaban J connectivity index is 2.32. The molecule has 1 amide bonds. The van der Waals surface area contributed by atoms with Gasteiger partial charge in [-0.1, -0.05) is 24.6 Å². The molecule has 0 aromatic heterocycles. The molecule has 0 fully saturated rings. The van der Waals surface area contributed by atoms with Gasteiger partial charge in [-0.25, -0.2) is 0 Å². The highest BCUT2D eigenvalue weighted by Crippen LogP contribution is 2.37.